The van der Waals surface area contributed by atoms with Gasteiger partial charge < -0.3 is 4.90 Å². The highest BCUT2D eigenvalue weighted by Gasteiger charge is 2.14. The maximum absolute atomic E-state index is 12.2. The fraction of sp³-hybridized carbons (Fsp3) is 0.0714. The summed E-state index contributed by atoms with van der Waals surface area (Å²) in [6.07, 6.45) is 0. The van der Waals surface area contributed by atoms with Crippen LogP contribution in [0.2, 0.25) is 0 Å². The molecule has 2 aromatic carbocycles. The number of amides is 1. The molecule has 0 spiro atoms. The summed E-state index contributed by atoms with van der Waals surface area (Å²) in [5.41, 5.74) is 1.07. The molecule has 0 fully saturated rings. The molecule has 0 unspecified atom stereocenters. The normalized spacial score (nSPS) is 11.1. The fourth-order valence-electron chi connectivity index (χ4n) is 1.73. The molecule has 0 radical (unpaired) electrons. The molecular weight excluding hydrogens is 278 g/mol. The van der Waals surface area contributed by atoms with E-state index in [-0.39, 0.29) is 10.8 Å². The molecule has 1 N–H and O–H groups in total. The van der Waals surface area contributed by atoms with E-state index in [1.54, 1.807) is 31.3 Å². The summed E-state index contributed by atoms with van der Waals surface area (Å²) >= 11 is 0. The Bertz CT molecular complexity index is 709. The summed E-state index contributed by atoms with van der Waals surface area (Å²) in [7, 11) is -2.63. The Labute approximate surface area is 117 Å². The molecule has 5 nitrogen and oxygen atoms in total. The van der Waals surface area contributed by atoms with E-state index in [1.807, 2.05) is 6.07 Å². The standard InChI is InChI=1S/C14H13NO4S/c1-15(14(16)11-5-3-2-4-6-11)12-7-9-13(10-8-12)20(17,18)19/h2-10H,1H3,(H,17,18,19). The van der Waals surface area contributed by atoms with Crippen molar-refractivity contribution in [1.29, 1.82) is 0 Å². The lowest BCUT2D eigenvalue weighted by Gasteiger charge is -2.17. The van der Waals surface area contributed by atoms with Gasteiger partial charge in [0.15, 0.2) is 0 Å². The van der Waals surface area contributed by atoms with Crippen molar-refractivity contribution in [2.75, 3.05) is 11.9 Å². The number of benzene rings is 2. The minimum atomic E-state index is -4.22. The van der Waals surface area contributed by atoms with Gasteiger partial charge >= 0.3 is 0 Å². The Morgan fingerprint density at radius 1 is 1.00 bits per heavy atom. The largest absolute Gasteiger partial charge is 0.311 e. The molecular formula is C14H13NO4S. The van der Waals surface area contributed by atoms with Crippen LogP contribution in [0, 0.1) is 0 Å². The van der Waals surface area contributed by atoms with Gasteiger partial charge in [-0.25, -0.2) is 0 Å². The van der Waals surface area contributed by atoms with Gasteiger partial charge in [-0.2, -0.15) is 8.42 Å². The lowest BCUT2D eigenvalue weighted by Crippen LogP contribution is -2.26. The van der Waals surface area contributed by atoms with Gasteiger partial charge in [-0.05, 0) is 36.4 Å². The van der Waals surface area contributed by atoms with E-state index in [4.69, 9.17) is 4.55 Å². The third-order valence-corrected chi connectivity index (χ3v) is 3.72. The van der Waals surface area contributed by atoms with Crippen LogP contribution >= 0.6 is 0 Å². The van der Waals surface area contributed by atoms with E-state index < -0.39 is 10.1 Å². The Morgan fingerprint density at radius 3 is 2.05 bits per heavy atom. The first-order valence-electron chi connectivity index (χ1n) is 5.80. The molecule has 0 bridgehead atoms. The zero-order valence-corrected chi connectivity index (χ0v) is 11.5. The van der Waals surface area contributed by atoms with Crippen LogP contribution in [0.1, 0.15) is 10.4 Å². The second-order valence-electron chi connectivity index (χ2n) is 4.20. The smallest absolute Gasteiger partial charge is 0.294 e. The molecule has 0 atom stereocenters. The van der Waals surface area contributed by atoms with E-state index in [0.717, 1.165) is 0 Å². The van der Waals surface area contributed by atoms with Gasteiger partial charge in [0.25, 0.3) is 16.0 Å². The van der Waals surface area contributed by atoms with E-state index in [0.29, 0.717) is 11.3 Å². The Balaban J connectivity index is 2.26. The number of nitrogens with zero attached hydrogens (tertiary/aromatic N) is 1. The number of hydrogen-bond donors (Lipinski definition) is 1. The van der Waals surface area contributed by atoms with Crippen LogP contribution < -0.4 is 4.90 Å². The van der Waals surface area contributed by atoms with E-state index in [9.17, 15) is 13.2 Å². The van der Waals surface area contributed by atoms with Gasteiger partial charge in [-0.15, -0.1) is 0 Å². The summed E-state index contributed by atoms with van der Waals surface area (Å²) in [6.45, 7) is 0. The number of anilines is 1. The van der Waals surface area contributed by atoms with Crippen LogP contribution in [0.3, 0.4) is 0 Å². The summed E-state index contributed by atoms with van der Waals surface area (Å²) in [5.74, 6) is -0.204. The van der Waals surface area contributed by atoms with Crippen molar-refractivity contribution < 1.29 is 17.8 Å². The first kappa shape index (κ1) is 14.2. The van der Waals surface area contributed by atoms with Crippen molar-refractivity contribution >= 4 is 21.7 Å². The molecule has 0 aromatic heterocycles. The van der Waals surface area contributed by atoms with Crippen molar-refractivity contribution in [2.45, 2.75) is 4.90 Å². The van der Waals surface area contributed by atoms with Crippen LogP contribution in [0.15, 0.2) is 59.5 Å². The van der Waals surface area contributed by atoms with Crippen molar-refractivity contribution in [2.24, 2.45) is 0 Å². The zero-order valence-electron chi connectivity index (χ0n) is 10.7. The zero-order chi connectivity index (χ0) is 14.8. The Morgan fingerprint density at radius 2 is 1.55 bits per heavy atom. The second kappa shape index (κ2) is 5.44. The molecule has 2 aromatic rings. The first-order valence-corrected chi connectivity index (χ1v) is 7.24. The molecule has 20 heavy (non-hydrogen) atoms. The SMILES string of the molecule is CN(C(=O)c1ccccc1)c1ccc(S(=O)(=O)O)cc1. The van der Waals surface area contributed by atoms with Crippen molar-refractivity contribution in [1.82, 2.24) is 0 Å². The lowest BCUT2D eigenvalue weighted by atomic mass is 10.2. The topological polar surface area (TPSA) is 74.7 Å². The monoisotopic (exact) mass is 291 g/mol. The quantitative estimate of drug-likeness (QED) is 0.880. The maximum atomic E-state index is 12.2. The highest BCUT2D eigenvalue weighted by molar-refractivity contribution is 7.85. The molecule has 0 aliphatic carbocycles. The summed E-state index contributed by atoms with van der Waals surface area (Å²) in [4.78, 5) is 13.4. The van der Waals surface area contributed by atoms with Gasteiger partial charge in [0, 0.05) is 18.3 Å². The molecule has 0 aliphatic heterocycles. The molecule has 0 heterocycles. The molecule has 1 amide bonds. The highest BCUT2D eigenvalue weighted by atomic mass is 32.2. The molecule has 2 rings (SSSR count). The Kier molecular flexibility index (Phi) is 3.87. The predicted molar refractivity (Wildman–Crippen MR) is 75.4 cm³/mol. The number of hydrogen-bond acceptors (Lipinski definition) is 3. The number of carbonyl (C=O) groups is 1. The van der Waals surface area contributed by atoms with Crippen molar-refractivity contribution in [3.05, 3.63) is 60.2 Å². The van der Waals surface area contributed by atoms with E-state index in [2.05, 4.69) is 0 Å². The van der Waals surface area contributed by atoms with Crippen LogP contribution in [-0.2, 0) is 10.1 Å². The predicted octanol–water partition coefficient (Wildman–Crippen LogP) is 2.21. The van der Waals surface area contributed by atoms with Crippen molar-refractivity contribution in [3.63, 3.8) is 0 Å². The van der Waals surface area contributed by atoms with Gasteiger partial charge in [0.1, 0.15) is 0 Å². The highest BCUT2D eigenvalue weighted by Crippen LogP contribution is 2.18. The minimum Gasteiger partial charge on any atom is -0.311 e. The third-order valence-electron chi connectivity index (χ3n) is 2.85. The van der Waals surface area contributed by atoms with E-state index in [1.165, 1.54) is 29.2 Å². The molecule has 104 valence electrons. The van der Waals surface area contributed by atoms with Crippen molar-refractivity contribution in [3.8, 4) is 0 Å². The maximum Gasteiger partial charge on any atom is 0.294 e. The molecule has 0 saturated heterocycles. The summed E-state index contributed by atoms with van der Waals surface area (Å²) in [5, 5.41) is 0. The van der Waals surface area contributed by atoms with Gasteiger partial charge in [0.2, 0.25) is 0 Å². The molecule has 6 heteroatoms. The van der Waals surface area contributed by atoms with Gasteiger partial charge in [0.05, 0.1) is 4.90 Å². The second-order valence-corrected chi connectivity index (χ2v) is 5.62. The fourth-order valence-corrected chi connectivity index (χ4v) is 2.21. The first-order chi connectivity index (χ1) is 9.39. The minimum absolute atomic E-state index is 0.204. The average molecular weight is 291 g/mol. The Hall–Kier alpha value is -2.18. The number of rotatable bonds is 3. The van der Waals surface area contributed by atoms with Gasteiger partial charge in [-0.1, -0.05) is 18.2 Å². The molecule has 0 saturated carbocycles. The van der Waals surface area contributed by atoms with Crippen LogP contribution in [0.25, 0.3) is 0 Å². The lowest BCUT2D eigenvalue weighted by molar-refractivity contribution is 0.0993. The summed E-state index contributed by atoms with van der Waals surface area (Å²) < 4.78 is 30.8. The molecule has 0 aliphatic rings. The summed E-state index contributed by atoms with van der Waals surface area (Å²) in [6, 6.07) is 14.2. The van der Waals surface area contributed by atoms with Gasteiger partial charge in [-0.3, -0.25) is 9.35 Å². The third kappa shape index (κ3) is 3.04. The van der Waals surface area contributed by atoms with Crippen LogP contribution in [0.5, 0.6) is 0 Å². The van der Waals surface area contributed by atoms with Crippen LogP contribution in [-0.4, -0.2) is 25.9 Å². The number of carbonyl (C=O) groups excluding carboxylic acids is 1. The van der Waals surface area contributed by atoms with E-state index >= 15 is 0 Å². The van der Waals surface area contributed by atoms with Crippen LogP contribution in [0.4, 0.5) is 5.69 Å². The average Bonchev–Trinajstić information content (AvgIpc) is 2.46.